The fourth-order valence-electron chi connectivity index (χ4n) is 4.15. The molecule has 0 aliphatic rings. The van der Waals surface area contributed by atoms with Crippen LogP contribution < -0.4 is 14.4 Å². The van der Waals surface area contributed by atoms with Crippen LogP contribution in [-0.4, -0.2) is 50.9 Å². The molecule has 3 aromatic rings. The van der Waals surface area contributed by atoms with E-state index >= 15 is 0 Å². The Morgan fingerprint density at radius 2 is 1.47 bits per heavy atom. The number of ether oxygens (including phenoxy) is 1. The molecule has 1 atom stereocenters. The third kappa shape index (κ3) is 6.92. The zero-order valence-corrected chi connectivity index (χ0v) is 23.0. The summed E-state index contributed by atoms with van der Waals surface area (Å²) < 4.78 is 34.2. The summed E-state index contributed by atoms with van der Waals surface area (Å²) in [5, 5.41) is 2.89. The van der Waals surface area contributed by atoms with Gasteiger partial charge in [0.15, 0.2) is 0 Å². The molecule has 0 aromatic heterocycles. The lowest BCUT2D eigenvalue weighted by Crippen LogP contribution is -2.53. The Balaban J connectivity index is 2.08. The zero-order valence-electron chi connectivity index (χ0n) is 22.2. The van der Waals surface area contributed by atoms with Gasteiger partial charge >= 0.3 is 0 Å². The Labute approximate surface area is 225 Å². The minimum atomic E-state index is -4.15. The van der Waals surface area contributed by atoms with Gasteiger partial charge in [-0.05, 0) is 50.1 Å². The second kappa shape index (κ2) is 13.1. The van der Waals surface area contributed by atoms with Crippen molar-refractivity contribution in [3.8, 4) is 5.75 Å². The van der Waals surface area contributed by atoms with E-state index in [0.29, 0.717) is 12.2 Å². The van der Waals surface area contributed by atoms with Gasteiger partial charge in [-0.1, -0.05) is 67.6 Å². The van der Waals surface area contributed by atoms with Crippen molar-refractivity contribution in [2.45, 2.75) is 50.7 Å². The van der Waals surface area contributed by atoms with E-state index in [4.69, 9.17) is 4.74 Å². The Morgan fingerprint density at radius 1 is 0.895 bits per heavy atom. The van der Waals surface area contributed by atoms with E-state index in [1.165, 1.54) is 24.1 Å². The zero-order chi connectivity index (χ0) is 27.7. The standard InChI is InChI=1S/C29H35N3O5S/c1-5-25(29(34)30-22(2)3)31(20-23-14-8-6-9-15-23)28(33)21-32(26-18-12-13-19-27(26)37-4)38(35,36)24-16-10-7-11-17-24/h6-19,22,25H,5,20-21H2,1-4H3,(H,30,34)/t25-/m0/s1. The van der Waals surface area contributed by atoms with Gasteiger partial charge in [0.1, 0.15) is 18.3 Å². The molecule has 0 unspecified atom stereocenters. The second-order valence-corrected chi connectivity index (χ2v) is 11.0. The summed E-state index contributed by atoms with van der Waals surface area (Å²) >= 11 is 0. The van der Waals surface area contributed by atoms with Gasteiger partial charge in [0, 0.05) is 12.6 Å². The highest BCUT2D eigenvalue weighted by Gasteiger charge is 2.34. The van der Waals surface area contributed by atoms with Gasteiger partial charge in [0.05, 0.1) is 17.7 Å². The van der Waals surface area contributed by atoms with Crippen molar-refractivity contribution >= 4 is 27.5 Å². The number of methoxy groups -OCH3 is 1. The van der Waals surface area contributed by atoms with Crippen LogP contribution in [0.2, 0.25) is 0 Å². The topological polar surface area (TPSA) is 96.0 Å². The van der Waals surface area contributed by atoms with Crippen molar-refractivity contribution in [2.24, 2.45) is 0 Å². The molecule has 0 saturated heterocycles. The minimum absolute atomic E-state index is 0.0397. The van der Waals surface area contributed by atoms with Gasteiger partial charge in [-0.15, -0.1) is 0 Å². The van der Waals surface area contributed by atoms with Crippen molar-refractivity contribution in [3.63, 3.8) is 0 Å². The fourth-order valence-corrected chi connectivity index (χ4v) is 5.59. The normalized spacial score (nSPS) is 12.0. The van der Waals surface area contributed by atoms with E-state index in [0.717, 1.165) is 9.87 Å². The van der Waals surface area contributed by atoms with Crippen molar-refractivity contribution in [2.75, 3.05) is 18.0 Å². The number of hydrogen-bond donors (Lipinski definition) is 1. The van der Waals surface area contributed by atoms with Crippen LogP contribution in [0.25, 0.3) is 0 Å². The SMILES string of the molecule is CC[C@@H](C(=O)NC(C)C)N(Cc1ccccc1)C(=O)CN(c1ccccc1OC)S(=O)(=O)c1ccccc1. The van der Waals surface area contributed by atoms with Gasteiger partial charge in [-0.2, -0.15) is 0 Å². The van der Waals surface area contributed by atoms with E-state index in [1.807, 2.05) is 51.1 Å². The molecule has 0 aliphatic heterocycles. The third-order valence-electron chi connectivity index (χ3n) is 5.98. The summed E-state index contributed by atoms with van der Waals surface area (Å²) in [6.07, 6.45) is 0.358. The number of sulfonamides is 1. The predicted molar refractivity (Wildman–Crippen MR) is 148 cm³/mol. The van der Waals surface area contributed by atoms with Crippen LogP contribution in [0, 0.1) is 0 Å². The molecule has 0 radical (unpaired) electrons. The van der Waals surface area contributed by atoms with E-state index in [2.05, 4.69) is 5.32 Å². The lowest BCUT2D eigenvalue weighted by molar-refractivity contribution is -0.140. The van der Waals surface area contributed by atoms with Gasteiger partial charge in [0.25, 0.3) is 10.0 Å². The summed E-state index contributed by atoms with van der Waals surface area (Å²) in [4.78, 5) is 28.6. The van der Waals surface area contributed by atoms with E-state index in [9.17, 15) is 18.0 Å². The quantitative estimate of drug-likeness (QED) is 0.373. The van der Waals surface area contributed by atoms with Crippen LogP contribution in [0.1, 0.15) is 32.8 Å². The first kappa shape index (κ1) is 28.7. The number of benzene rings is 3. The fraction of sp³-hybridized carbons (Fsp3) is 0.310. The molecule has 9 heteroatoms. The van der Waals surface area contributed by atoms with Crippen LogP contribution in [0.4, 0.5) is 5.69 Å². The molecule has 3 rings (SSSR count). The molecule has 2 amide bonds. The number of nitrogens with one attached hydrogen (secondary N) is 1. The maximum atomic E-state index is 14.0. The van der Waals surface area contributed by atoms with Crippen LogP contribution in [0.3, 0.4) is 0 Å². The number of rotatable bonds is 12. The third-order valence-corrected chi connectivity index (χ3v) is 7.75. The average molecular weight is 538 g/mol. The number of hydrogen-bond acceptors (Lipinski definition) is 5. The molecule has 38 heavy (non-hydrogen) atoms. The molecular formula is C29H35N3O5S. The van der Waals surface area contributed by atoms with Crippen LogP contribution in [0.5, 0.6) is 5.75 Å². The largest absolute Gasteiger partial charge is 0.495 e. The van der Waals surface area contributed by atoms with E-state index in [1.54, 1.807) is 42.5 Å². The molecule has 0 heterocycles. The number of anilines is 1. The maximum Gasteiger partial charge on any atom is 0.264 e. The van der Waals surface area contributed by atoms with Crippen LogP contribution in [0.15, 0.2) is 89.8 Å². The molecule has 202 valence electrons. The number of amides is 2. The van der Waals surface area contributed by atoms with Crippen LogP contribution in [-0.2, 0) is 26.2 Å². The summed E-state index contributed by atoms with van der Waals surface area (Å²) in [7, 11) is -2.71. The van der Waals surface area contributed by atoms with E-state index in [-0.39, 0.29) is 29.1 Å². The first-order valence-corrected chi connectivity index (χ1v) is 14.0. The van der Waals surface area contributed by atoms with Gasteiger partial charge in [-0.3, -0.25) is 13.9 Å². The highest BCUT2D eigenvalue weighted by Crippen LogP contribution is 2.32. The molecule has 0 spiro atoms. The Morgan fingerprint density at radius 3 is 2.05 bits per heavy atom. The molecule has 0 bridgehead atoms. The number of carbonyl (C=O) groups is 2. The van der Waals surface area contributed by atoms with Gasteiger partial charge in [0.2, 0.25) is 11.8 Å². The molecule has 0 aliphatic carbocycles. The molecule has 1 N–H and O–H groups in total. The summed E-state index contributed by atoms with van der Waals surface area (Å²) in [5.41, 5.74) is 1.05. The molecule has 8 nitrogen and oxygen atoms in total. The summed E-state index contributed by atoms with van der Waals surface area (Å²) in [6, 6.07) is 23.0. The summed E-state index contributed by atoms with van der Waals surface area (Å²) in [5.74, 6) is -0.495. The highest BCUT2D eigenvalue weighted by molar-refractivity contribution is 7.92. The Hall–Kier alpha value is -3.85. The predicted octanol–water partition coefficient (Wildman–Crippen LogP) is 4.22. The van der Waals surface area contributed by atoms with Gasteiger partial charge < -0.3 is 15.0 Å². The minimum Gasteiger partial charge on any atom is -0.495 e. The van der Waals surface area contributed by atoms with E-state index < -0.39 is 28.5 Å². The number of carbonyl (C=O) groups excluding carboxylic acids is 2. The number of nitrogens with zero attached hydrogens (tertiary/aromatic N) is 2. The average Bonchev–Trinajstić information content (AvgIpc) is 2.92. The number of para-hydroxylation sites is 2. The monoisotopic (exact) mass is 537 g/mol. The molecule has 0 saturated carbocycles. The lowest BCUT2D eigenvalue weighted by Gasteiger charge is -2.33. The van der Waals surface area contributed by atoms with Crippen molar-refractivity contribution < 1.29 is 22.7 Å². The van der Waals surface area contributed by atoms with Crippen LogP contribution >= 0.6 is 0 Å². The molecule has 3 aromatic carbocycles. The Kier molecular flexibility index (Phi) is 9.90. The Bertz CT molecular complexity index is 1310. The molecular weight excluding hydrogens is 502 g/mol. The highest BCUT2D eigenvalue weighted by atomic mass is 32.2. The summed E-state index contributed by atoms with van der Waals surface area (Å²) in [6.45, 7) is 5.16. The maximum absolute atomic E-state index is 14.0. The smallest absolute Gasteiger partial charge is 0.264 e. The van der Waals surface area contributed by atoms with Crippen molar-refractivity contribution in [1.29, 1.82) is 0 Å². The van der Waals surface area contributed by atoms with Gasteiger partial charge in [-0.25, -0.2) is 8.42 Å². The lowest BCUT2D eigenvalue weighted by atomic mass is 10.1. The molecule has 0 fully saturated rings. The second-order valence-electron chi connectivity index (χ2n) is 9.09. The first-order chi connectivity index (χ1) is 18.2. The van der Waals surface area contributed by atoms with Crippen molar-refractivity contribution in [1.82, 2.24) is 10.2 Å². The van der Waals surface area contributed by atoms with Crippen molar-refractivity contribution in [3.05, 3.63) is 90.5 Å². The first-order valence-electron chi connectivity index (χ1n) is 12.5.